The number of aromatic nitrogens is 4. The molecule has 82 valence electrons. The van der Waals surface area contributed by atoms with E-state index < -0.39 is 0 Å². The summed E-state index contributed by atoms with van der Waals surface area (Å²) in [6.45, 7) is 1.82. The lowest BCUT2D eigenvalue weighted by Crippen LogP contribution is -1.99. The molecule has 0 spiro atoms. The molecule has 0 radical (unpaired) electrons. The summed E-state index contributed by atoms with van der Waals surface area (Å²) in [4.78, 5) is 8.20. The molecule has 2 aromatic rings. The fourth-order valence-electron chi connectivity index (χ4n) is 1.18. The molecule has 0 aliphatic carbocycles. The number of nitrogens with zero attached hydrogens (tertiary/aromatic N) is 4. The van der Waals surface area contributed by atoms with Gasteiger partial charge in [-0.3, -0.25) is 0 Å². The van der Waals surface area contributed by atoms with Crippen LogP contribution in [0, 0.1) is 6.92 Å². The number of anilines is 2. The Bertz CT molecular complexity index is 488. The molecule has 0 saturated heterocycles. The van der Waals surface area contributed by atoms with E-state index in [0.29, 0.717) is 23.2 Å². The largest absolute Gasteiger partial charge is 0.495 e. The average molecular weight is 217 g/mol. The van der Waals surface area contributed by atoms with E-state index in [0.717, 1.165) is 0 Å². The standard InChI is InChI=1S/C10H11N5O/c1-7-11-4-3-9(13-7)14-10-5-8(16-2)6-12-15-10/h3-6H,1-2H3,(H,11,13,14,15). The predicted molar refractivity (Wildman–Crippen MR) is 58.6 cm³/mol. The molecule has 2 aromatic heterocycles. The molecular weight excluding hydrogens is 206 g/mol. The highest BCUT2D eigenvalue weighted by Gasteiger charge is 2.00. The number of nitrogens with one attached hydrogen (secondary N) is 1. The van der Waals surface area contributed by atoms with Gasteiger partial charge in [0.05, 0.1) is 13.3 Å². The van der Waals surface area contributed by atoms with E-state index in [2.05, 4.69) is 25.5 Å². The Morgan fingerprint density at radius 2 is 2.19 bits per heavy atom. The summed E-state index contributed by atoms with van der Waals surface area (Å²) < 4.78 is 5.04. The highest BCUT2D eigenvalue weighted by atomic mass is 16.5. The van der Waals surface area contributed by atoms with Gasteiger partial charge in [0.15, 0.2) is 5.82 Å². The minimum atomic E-state index is 0.581. The maximum atomic E-state index is 5.04. The van der Waals surface area contributed by atoms with Crippen LogP contribution in [0.5, 0.6) is 5.75 Å². The first kappa shape index (κ1) is 10.3. The van der Waals surface area contributed by atoms with Gasteiger partial charge in [-0.05, 0) is 13.0 Å². The van der Waals surface area contributed by atoms with Crippen LogP contribution in [0.4, 0.5) is 11.6 Å². The lowest BCUT2D eigenvalue weighted by molar-refractivity contribution is 0.412. The van der Waals surface area contributed by atoms with Gasteiger partial charge in [-0.25, -0.2) is 9.97 Å². The summed E-state index contributed by atoms with van der Waals surface area (Å²) in [5.41, 5.74) is 0. The van der Waals surface area contributed by atoms with Gasteiger partial charge in [0.25, 0.3) is 0 Å². The third-order valence-corrected chi connectivity index (χ3v) is 1.90. The number of aryl methyl sites for hydroxylation is 1. The summed E-state index contributed by atoms with van der Waals surface area (Å²) in [6, 6.07) is 3.50. The van der Waals surface area contributed by atoms with Crippen LogP contribution in [0.1, 0.15) is 5.82 Å². The topological polar surface area (TPSA) is 72.8 Å². The van der Waals surface area contributed by atoms with Crippen molar-refractivity contribution in [3.05, 3.63) is 30.4 Å². The molecular formula is C10H11N5O. The van der Waals surface area contributed by atoms with E-state index in [4.69, 9.17) is 4.74 Å². The maximum absolute atomic E-state index is 5.04. The van der Waals surface area contributed by atoms with Gasteiger partial charge >= 0.3 is 0 Å². The zero-order chi connectivity index (χ0) is 11.4. The lowest BCUT2D eigenvalue weighted by atomic mass is 10.4. The maximum Gasteiger partial charge on any atom is 0.157 e. The number of ether oxygens (including phenoxy) is 1. The summed E-state index contributed by atoms with van der Waals surface area (Å²) >= 11 is 0. The van der Waals surface area contributed by atoms with Crippen molar-refractivity contribution < 1.29 is 4.74 Å². The first-order valence-electron chi connectivity index (χ1n) is 4.71. The second-order valence-corrected chi connectivity index (χ2v) is 3.09. The van der Waals surface area contributed by atoms with Crippen LogP contribution in [0.2, 0.25) is 0 Å². The van der Waals surface area contributed by atoms with Crippen molar-refractivity contribution in [2.45, 2.75) is 6.92 Å². The zero-order valence-corrected chi connectivity index (χ0v) is 9.01. The van der Waals surface area contributed by atoms with E-state index in [-0.39, 0.29) is 0 Å². The fourth-order valence-corrected chi connectivity index (χ4v) is 1.18. The molecule has 0 aromatic carbocycles. The molecule has 0 saturated carbocycles. The number of methoxy groups -OCH3 is 1. The van der Waals surface area contributed by atoms with Crippen molar-refractivity contribution in [2.75, 3.05) is 12.4 Å². The van der Waals surface area contributed by atoms with Crippen LogP contribution in [-0.2, 0) is 0 Å². The monoisotopic (exact) mass is 217 g/mol. The van der Waals surface area contributed by atoms with Crippen LogP contribution in [0.25, 0.3) is 0 Å². The Balaban J connectivity index is 2.20. The molecule has 1 N–H and O–H groups in total. The number of rotatable bonds is 3. The van der Waals surface area contributed by atoms with Crippen LogP contribution in [0.3, 0.4) is 0 Å². The molecule has 0 bridgehead atoms. The molecule has 0 amide bonds. The zero-order valence-electron chi connectivity index (χ0n) is 9.01. The summed E-state index contributed by atoms with van der Waals surface area (Å²) in [5.74, 6) is 2.59. The van der Waals surface area contributed by atoms with E-state index in [1.807, 2.05) is 6.92 Å². The van der Waals surface area contributed by atoms with Gasteiger partial charge in [0.2, 0.25) is 0 Å². The first-order chi connectivity index (χ1) is 7.78. The summed E-state index contributed by atoms with van der Waals surface area (Å²) in [7, 11) is 1.58. The van der Waals surface area contributed by atoms with E-state index in [1.165, 1.54) is 6.20 Å². The van der Waals surface area contributed by atoms with Gasteiger partial charge in [-0.1, -0.05) is 0 Å². The molecule has 16 heavy (non-hydrogen) atoms. The van der Waals surface area contributed by atoms with Crippen LogP contribution < -0.4 is 10.1 Å². The quantitative estimate of drug-likeness (QED) is 0.836. The molecule has 6 nitrogen and oxygen atoms in total. The van der Waals surface area contributed by atoms with Gasteiger partial charge in [0, 0.05) is 12.3 Å². The average Bonchev–Trinajstić information content (AvgIpc) is 2.29. The Labute approximate surface area is 92.7 Å². The van der Waals surface area contributed by atoms with Crippen molar-refractivity contribution in [1.82, 2.24) is 20.2 Å². The minimum Gasteiger partial charge on any atom is -0.495 e. The van der Waals surface area contributed by atoms with Crippen molar-refractivity contribution in [2.24, 2.45) is 0 Å². The SMILES string of the molecule is COc1cnnc(Nc2ccnc(C)n2)c1. The van der Waals surface area contributed by atoms with Crippen molar-refractivity contribution >= 4 is 11.6 Å². The molecule has 2 rings (SSSR count). The fraction of sp³-hybridized carbons (Fsp3) is 0.200. The lowest BCUT2D eigenvalue weighted by Gasteiger charge is -2.05. The van der Waals surface area contributed by atoms with Gasteiger partial charge in [-0.2, -0.15) is 5.10 Å². The Hall–Kier alpha value is -2.24. The Kier molecular flexibility index (Phi) is 2.90. The molecule has 0 fully saturated rings. The molecule has 0 unspecified atom stereocenters. The first-order valence-corrected chi connectivity index (χ1v) is 4.71. The van der Waals surface area contributed by atoms with Crippen molar-refractivity contribution in [3.63, 3.8) is 0 Å². The van der Waals surface area contributed by atoms with E-state index >= 15 is 0 Å². The van der Waals surface area contributed by atoms with E-state index in [1.54, 1.807) is 25.4 Å². The highest BCUT2D eigenvalue weighted by Crippen LogP contribution is 2.15. The Morgan fingerprint density at radius 3 is 2.94 bits per heavy atom. The van der Waals surface area contributed by atoms with Gasteiger partial charge in [0.1, 0.15) is 17.4 Å². The highest BCUT2D eigenvalue weighted by molar-refractivity contribution is 5.51. The van der Waals surface area contributed by atoms with Gasteiger partial charge in [-0.15, -0.1) is 5.10 Å². The smallest absolute Gasteiger partial charge is 0.157 e. The predicted octanol–water partition coefficient (Wildman–Crippen LogP) is 1.33. The van der Waals surface area contributed by atoms with Gasteiger partial charge < -0.3 is 10.1 Å². The Morgan fingerprint density at radius 1 is 1.31 bits per heavy atom. The van der Waals surface area contributed by atoms with E-state index in [9.17, 15) is 0 Å². The number of hydrogen-bond donors (Lipinski definition) is 1. The van der Waals surface area contributed by atoms with Crippen LogP contribution >= 0.6 is 0 Å². The molecule has 6 heteroatoms. The second-order valence-electron chi connectivity index (χ2n) is 3.09. The minimum absolute atomic E-state index is 0.581. The molecule has 0 aliphatic heterocycles. The van der Waals surface area contributed by atoms with Crippen LogP contribution in [-0.4, -0.2) is 27.3 Å². The summed E-state index contributed by atoms with van der Waals surface area (Å²) in [5, 5.41) is 10.7. The molecule has 0 atom stereocenters. The summed E-state index contributed by atoms with van der Waals surface area (Å²) in [6.07, 6.45) is 3.22. The van der Waals surface area contributed by atoms with Crippen molar-refractivity contribution in [1.29, 1.82) is 0 Å². The molecule has 0 aliphatic rings. The van der Waals surface area contributed by atoms with Crippen molar-refractivity contribution in [3.8, 4) is 5.75 Å². The number of hydrogen-bond acceptors (Lipinski definition) is 6. The third-order valence-electron chi connectivity index (χ3n) is 1.90. The second kappa shape index (κ2) is 4.52. The molecule has 2 heterocycles. The third kappa shape index (κ3) is 2.41. The van der Waals surface area contributed by atoms with Crippen LogP contribution in [0.15, 0.2) is 24.5 Å². The normalized spacial score (nSPS) is 9.88.